The van der Waals surface area contributed by atoms with Crippen LogP contribution in [-0.4, -0.2) is 32.7 Å². The molecule has 1 saturated heterocycles. The van der Waals surface area contributed by atoms with Crippen LogP contribution in [0.15, 0.2) is 58.2 Å². The predicted octanol–water partition coefficient (Wildman–Crippen LogP) is 2.81. The van der Waals surface area contributed by atoms with Gasteiger partial charge >= 0.3 is 0 Å². The molecule has 0 bridgehead atoms. The highest BCUT2D eigenvalue weighted by atomic mass is 16.5. The van der Waals surface area contributed by atoms with Crippen molar-refractivity contribution in [2.45, 2.75) is 25.3 Å². The zero-order chi connectivity index (χ0) is 17.9. The van der Waals surface area contributed by atoms with Crippen molar-refractivity contribution in [2.24, 2.45) is 7.05 Å². The molecule has 6 heteroatoms. The van der Waals surface area contributed by atoms with Gasteiger partial charge in [-0.2, -0.15) is 0 Å². The van der Waals surface area contributed by atoms with E-state index in [0.29, 0.717) is 5.92 Å². The summed E-state index contributed by atoms with van der Waals surface area (Å²) in [6.07, 6.45) is 7.50. The summed E-state index contributed by atoms with van der Waals surface area (Å²) in [4.78, 5) is 18.3. The van der Waals surface area contributed by atoms with Crippen molar-refractivity contribution in [1.82, 2.24) is 19.6 Å². The van der Waals surface area contributed by atoms with Gasteiger partial charge in [0.25, 0.3) is 5.56 Å². The van der Waals surface area contributed by atoms with Crippen molar-refractivity contribution < 1.29 is 4.52 Å². The maximum atomic E-state index is 11.8. The van der Waals surface area contributed by atoms with Gasteiger partial charge in [0.1, 0.15) is 5.69 Å². The van der Waals surface area contributed by atoms with Gasteiger partial charge < -0.3 is 9.09 Å². The molecule has 1 fully saturated rings. The van der Waals surface area contributed by atoms with Crippen molar-refractivity contribution in [3.63, 3.8) is 0 Å². The van der Waals surface area contributed by atoms with Crippen molar-refractivity contribution in [3.05, 3.63) is 70.6 Å². The average molecular weight is 350 g/mol. The highest BCUT2D eigenvalue weighted by molar-refractivity contribution is 5.57. The minimum absolute atomic E-state index is 0.0644. The molecule has 1 aliphatic heterocycles. The molecule has 3 aromatic rings. The molecule has 4 heterocycles. The van der Waals surface area contributed by atoms with E-state index >= 15 is 0 Å². The number of rotatable bonds is 4. The number of hydrogen-bond acceptors (Lipinski definition) is 5. The number of nitrogens with zero attached hydrogens (tertiary/aromatic N) is 4. The van der Waals surface area contributed by atoms with Crippen LogP contribution in [-0.2, 0) is 13.6 Å². The maximum absolute atomic E-state index is 11.8. The van der Waals surface area contributed by atoms with Gasteiger partial charge in [0.05, 0.1) is 6.54 Å². The fraction of sp³-hybridized carbons (Fsp3) is 0.350. The van der Waals surface area contributed by atoms with Crippen LogP contribution in [0.3, 0.4) is 0 Å². The molecule has 0 spiro atoms. The summed E-state index contributed by atoms with van der Waals surface area (Å²) in [5, 5.41) is 4.15. The Hall–Kier alpha value is -2.73. The fourth-order valence-corrected chi connectivity index (χ4v) is 3.50. The molecule has 0 aromatic carbocycles. The zero-order valence-electron chi connectivity index (χ0n) is 14.8. The lowest BCUT2D eigenvalue weighted by atomic mass is 9.90. The monoisotopic (exact) mass is 350 g/mol. The topological polar surface area (TPSA) is 64.2 Å². The second-order valence-corrected chi connectivity index (χ2v) is 6.88. The normalized spacial score (nSPS) is 16.0. The highest BCUT2D eigenvalue weighted by Crippen LogP contribution is 2.28. The Morgan fingerprint density at radius 1 is 1.23 bits per heavy atom. The molecule has 6 nitrogen and oxygen atoms in total. The van der Waals surface area contributed by atoms with Crippen molar-refractivity contribution >= 4 is 0 Å². The van der Waals surface area contributed by atoms with Crippen LogP contribution in [0.25, 0.3) is 11.3 Å². The second-order valence-electron chi connectivity index (χ2n) is 6.88. The lowest BCUT2D eigenvalue weighted by Crippen LogP contribution is -2.32. The first-order valence-corrected chi connectivity index (χ1v) is 8.94. The molecule has 0 aliphatic carbocycles. The molecule has 0 radical (unpaired) electrons. The third-order valence-corrected chi connectivity index (χ3v) is 5.08. The van der Waals surface area contributed by atoms with Gasteiger partial charge in [-0.05, 0) is 55.6 Å². The molecule has 0 N–H and O–H groups in total. The van der Waals surface area contributed by atoms with Gasteiger partial charge in [-0.3, -0.25) is 14.7 Å². The Labute approximate surface area is 152 Å². The first-order chi connectivity index (χ1) is 12.7. The Bertz CT molecular complexity index is 924. The molecule has 26 heavy (non-hydrogen) atoms. The van der Waals surface area contributed by atoms with E-state index in [0.717, 1.165) is 55.1 Å². The van der Waals surface area contributed by atoms with E-state index in [4.69, 9.17) is 4.52 Å². The number of aromatic nitrogens is 3. The molecule has 0 saturated carbocycles. The molecule has 134 valence electrons. The average Bonchev–Trinajstić information content (AvgIpc) is 3.14. The summed E-state index contributed by atoms with van der Waals surface area (Å²) in [5.74, 6) is 1.33. The minimum Gasteiger partial charge on any atom is -0.359 e. The summed E-state index contributed by atoms with van der Waals surface area (Å²) in [6.45, 7) is 2.74. The minimum atomic E-state index is 0.0644. The summed E-state index contributed by atoms with van der Waals surface area (Å²) >= 11 is 0. The van der Waals surface area contributed by atoms with E-state index in [9.17, 15) is 4.79 Å². The van der Waals surface area contributed by atoms with E-state index < -0.39 is 0 Å². The molecule has 4 rings (SSSR count). The van der Waals surface area contributed by atoms with E-state index in [1.807, 2.05) is 24.4 Å². The molecular formula is C20H22N4O2. The van der Waals surface area contributed by atoms with Crippen LogP contribution in [0.2, 0.25) is 0 Å². The first-order valence-electron chi connectivity index (χ1n) is 8.94. The standard InChI is InChI=1S/C20H22N4O2/c1-23-8-4-16(11-20(23)25)15-5-9-24(10-6-15)14-18-12-19(22-26-18)17-3-2-7-21-13-17/h2-4,7-8,11-13,15H,5-6,9-10,14H2,1H3. The smallest absolute Gasteiger partial charge is 0.250 e. The Morgan fingerprint density at radius 2 is 2.08 bits per heavy atom. The summed E-state index contributed by atoms with van der Waals surface area (Å²) < 4.78 is 7.11. The fourth-order valence-electron chi connectivity index (χ4n) is 3.50. The summed E-state index contributed by atoms with van der Waals surface area (Å²) in [6, 6.07) is 9.70. The Kier molecular flexibility index (Phi) is 4.67. The molecular weight excluding hydrogens is 328 g/mol. The number of piperidine rings is 1. The maximum Gasteiger partial charge on any atom is 0.250 e. The Balaban J connectivity index is 1.36. The molecule has 3 aromatic heterocycles. The lowest BCUT2D eigenvalue weighted by molar-refractivity contribution is 0.184. The summed E-state index contributed by atoms with van der Waals surface area (Å²) in [5.41, 5.74) is 3.01. The van der Waals surface area contributed by atoms with E-state index in [1.54, 1.807) is 30.1 Å². The summed E-state index contributed by atoms with van der Waals surface area (Å²) in [7, 11) is 1.78. The van der Waals surface area contributed by atoms with Gasteiger partial charge in [-0.25, -0.2) is 0 Å². The van der Waals surface area contributed by atoms with Crippen LogP contribution < -0.4 is 5.56 Å². The van der Waals surface area contributed by atoms with Crippen LogP contribution in [0.1, 0.15) is 30.1 Å². The first kappa shape index (κ1) is 16.7. The largest absolute Gasteiger partial charge is 0.359 e. The van der Waals surface area contributed by atoms with Gasteiger partial charge in [-0.1, -0.05) is 5.16 Å². The zero-order valence-corrected chi connectivity index (χ0v) is 14.8. The van der Waals surface area contributed by atoms with Gasteiger partial charge in [0, 0.05) is 43.3 Å². The van der Waals surface area contributed by atoms with Crippen LogP contribution in [0, 0.1) is 0 Å². The Morgan fingerprint density at radius 3 is 2.81 bits per heavy atom. The van der Waals surface area contributed by atoms with Crippen molar-refractivity contribution in [1.29, 1.82) is 0 Å². The van der Waals surface area contributed by atoms with Gasteiger partial charge in [-0.15, -0.1) is 0 Å². The lowest BCUT2D eigenvalue weighted by Gasteiger charge is -2.31. The van der Waals surface area contributed by atoms with Crippen molar-refractivity contribution in [2.75, 3.05) is 13.1 Å². The van der Waals surface area contributed by atoms with E-state index in [2.05, 4.69) is 21.1 Å². The van der Waals surface area contributed by atoms with E-state index in [1.165, 1.54) is 0 Å². The van der Waals surface area contributed by atoms with E-state index in [-0.39, 0.29) is 5.56 Å². The molecule has 0 unspecified atom stereocenters. The quantitative estimate of drug-likeness (QED) is 0.724. The third-order valence-electron chi connectivity index (χ3n) is 5.08. The third kappa shape index (κ3) is 3.60. The number of likely N-dealkylation sites (tertiary alicyclic amines) is 1. The number of pyridine rings is 2. The highest BCUT2D eigenvalue weighted by Gasteiger charge is 2.22. The molecule has 0 amide bonds. The SMILES string of the molecule is Cn1ccc(C2CCN(Cc3cc(-c4cccnc4)no3)CC2)cc1=O. The number of hydrogen-bond donors (Lipinski definition) is 0. The van der Waals surface area contributed by atoms with Crippen LogP contribution in [0.4, 0.5) is 0 Å². The van der Waals surface area contributed by atoms with Gasteiger partial charge in [0.2, 0.25) is 0 Å². The van der Waals surface area contributed by atoms with Crippen LogP contribution >= 0.6 is 0 Å². The number of aryl methyl sites for hydroxylation is 1. The van der Waals surface area contributed by atoms with Crippen molar-refractivity contribution in [3.8, 4) is 11.3 Å². The molecule has 0 atom stereocenters. The van der Waals surface area contributed by atoms with Crippen LogP contribution in [0.5, 0.6) is 0 Å². The molecule has 1 aliphatic rings. The van der Waals surface area contributed by atoms with Gasteiger partial charge in [0.15, 0.2) is 5.76 Å². The second kappa shape index (κ2) is 7.25. The predicted molar refractivity (Wildman–Crippen MR) is 98.7 cm³/mol.